The summed E-state index contributed by atoms with van der Waals surface area (Å²) in [4.78, 5) is 112. The van der Waals surface area contributed by atoms with Gasteiger partial charge >= 0.3 is 0 Å². The zero-order valence-electron chi connectivity index (χ0n) is 65.5. The van der Waals surface area contributed by atoms with E-state index < -0.39 is 159 Å². The lowest BCUT2D eigenvalue weighted by Crippen LogP contribution is -2.64. The van der Waals surface area contributed by atoms with Crippen LogP contribution in [0.25, 0.3) is 0 Å². The number of hydrogen-bond donors (Lipinski definition) is 18. The highest BCUT2D eigenvalue weighted by molar-refractivity contribution is 5.92. The van der Waals surface area contributed by atoms with Gasteiger partial charge in [0.15, 0.2) is 18.9 Å². The Morgan fingerprint density at radius 1 is 0.327 bits per heavy atom. The summed E-state index contributed by atoms with van der Waals surface area (Å²) < 4.78 is 85.1. The van der Waals surface area contributed by atoms with Crippen molar-refractivity contribution in [1.29, 1.82) is 0 Å². The number of amides is 9. The van der Waals surface area contributed by atoms with E-state index in [1.165, 1.54) is 20.8 Å². The lowest BCUT2D eigenvalue weighted by atomic mass is 9.97. The summed E-state index contributed by atoms with van der Waals surface area (Å²) in [6.45, 7) is 8.27. The van der Waals surface area contributed by atoms with E-state index in [2.05, 4.69) is 54.4 Å². The number of carbonyl (C=O) groups excluding carboxylic acids is 9. The number of carbonyl (C=O) groups is 9. The van der Waals surface area contributed by atoms with Crippen LogP contribution in [0.5, 0.6) is 0 Å². The second-order valence-corrected chi connectivity index (χ2v) is 26.9. The number of unbranched alkanes of at least 4 members (excludes halogenated alkanes) is 4. The first-order valence-corrected chi connectivity index (χ1v) is 38.3. The number of hydrogen-bond acceptors (Lipinski definition) is 33. The number of aliphatic hydroxyl groups is 9. The summed E-state index contributed by atoms with van der Waals surface area (Å²) in [6, 6.07) is -3.33. The number of rotatable bonds is 65. The Bertz CT molecular complexity index is 2490. The van der Waals surface area contributed by atoms with Gasteiger partial charge in [-0.15, -0.1) is 0 Å². The molecule has 654 valence electrons. The van der Waals surface area contributed by atoms with Crippen molar-refractivity contribution in [3.05, 3.63) is 12.2 Å². The Morgan fingerprint density at radius 3 is 0.920 bits per heavy atom. The molecule has 3 saturated heterocycles. The molecular formula is C71H127N9O33. The van der Waals surface area contributed by atoms with Crippen LogP contribution in [0.1, 0.15) is 98.3 Å². The molecule has 3 aliphatic heterocycles. The molecule has 0 saturated carbocycles. The van der Waals surface area contributed by atoms with Crippen LogP contribution in [0.4, 0.5) is 0 Å². The van der Waals surface area contributed by atoms with Gasteiger partial charge in [-0.25, -0.2) is 0 Å². The Morgan fingerprint density at radius 2 is 0.611 bits per heavy atom. The minimum atomic E-state index is -1.47. The third kappa shape index (κ3) is 43.7. The molecule has 3 aliphatic rings. The predicted octanol–water partition coefficient (Wildman–Crippen LogP) is -7.68. The van der Waals surface area contributed by atoms with Crippen molar-refractivity contribution in [2.45, 2.75) is 196 Å². The summed E-state index contributed by atoms with van der Waals surface area (Å²) >= 11 is 0. The van der Waals surface area contributed by atoms with E-state index >= 15 is 0 Å². The molecule has 0 spiro atoms. The highest BCUT2D eigenvalue weighted by Gasteiger charge is 2.48. The van der Waals surface area contributed by atoms with E-state index in [1.807, 2.05) is 0 Å². The van der Waals surface area contributed by atoms with Gasteiger partial charge in [0, 0.05) is 91.2 Å². The average molecular weight is 1630 g/mol. The molecule has 42 nitrogen and oxygen atoms in total. The second-order valence-electron chi connectivity index (χ2n) is 26.9. The van der Waals surface area contributed by atoms with Crippen LogP contribution in [0.3, 0.4) is 0 Å². The molecule has 15 unspecified atom stereocenters. The summed E-state index contributed by atoms with van der Waals surface area (Å²) in [5.41, 5.74) is -1.03. The SMILES string of the molecule is C=C(C)C(=O)NCCCCCC(=O)NCCCCCC(=O)NC(COCCC(=O)NCCOCCOCCOC1OC(CO)C(O)C(O)C1NC(C)=O)(COCCC(=O)NCCOCCOCCOC1OC(CO)C(O)C(O)C1NC(C)=O)COCCC(=O)NCCOCCOCCOC1OC(CO)C(O)C(O)C1NC(C)=O. The standard InChI is InChI=1S/C71H127N9O33/c1-46(2)67(98)76-18-11-6-8-12-53(87)72-17-10-7-9-13-57(91)80-71(43-105-22-14-54(88)73-19-25-99-28-31-102-34-37-108-68-58(77-47(3)84)64(95)61(92)50(40-81)111-68,44-106-23-15-55(89)74-20-26-100-29-32-103-35-38-109-69-59(78-48(4)85)65(96)62(93)51(41-82)112-69)45-107-24-16-56(90)75-21-27-101-30-33-104-36-39-110-70-60(79-49(5)86)66(97)63(94)52(42-83)113-70/h50-52,58-66,68-70,81-83,92-97H,1,6-45H2,2-5H3,(H,72,87)(H,73,88)(H,74,89)(H,75,90)(H,76,98)(H,77,84)(H,78,85)(H,79,86)(H,80,91). The first kappa shape index (κ1) is 101. The van der Waals surface area contributed by atoms with E-state index in [0.717, 1.165) is 6.42 Å². The third-order valence-corrected chi connectivity index (χ3v) is 17.2. The first-order valence-electron chi connectivity index (χ1n) is 38.3. The lowest BCUT2D eigenvalue weighted by Gasteiger charge is -2.42. The smallest absolute Gasteiger partial charge is 0.246 e. The Kier molecular flexibility index (Phi) is 54.2. The molecule has 0 bridgehead atoms. The van der Waals surface area contributed by atoms with Crippen molar-refractivity contribution in [3.63, 3.8) is 0 Å². The topological polar surface area (TPSA) is 582 Å². The second kappa shape index (κ2) is 60.5. The maximum atomic E-state index is 13.9. The summed E-state index contributed by atoms with van der Waals surface area (Å²) in [6.07, 6.45) is -12.2. The molecule has 0 radical (unpaired) electrons. The normalized spacial score (nSPS) is 24.1. The average Bonchev–Trinajstić information content (AvgIpc) is 0.822. The van der Waals surface area contributed by atoms with Gasteiger partial charge in [0.05, 0.1) is 159 Å². The molecule has 42 heteroatoms. The Balaban J connectivity index is 1.56. The Labute approximate surface area is 658 Å². The van der Waals surface area contributed by atoms with Crippen molar-refractivity contribution in [3.8, 4) is 0 Å². The molecule has 3 fully saturated rings. The molecule has 3 rings (SSSR count). The molecule has 0 aromatic carbocycles. The van der Waals surface area contributed by atoms with E-state index in [0.29, 0.717) is 57.2 Å². The molecule has 15 atom stereocenters. The molecule has 9 amide bonds. The van der Waals surface area contributed by atoms with E-state index in [-0.39, 0.29) is 196 Å². The number of aliphatic hydroxyl groups excluding tert-OH is 9. The van der Waals surface area contributed by atoms with Gasteiger partial charge in [0.1, 0.15) is 78.6 Å². The van der Waals surface area contributed by atoms with E-state index in [1.54, 1.807) is 6.92 Å². The Hall–Kier alpha value is -5.99. The van der Waals surface area contributed by atoms with Gasteiger partial charge in [0.2, 0.25) is 53.2 Å². The van der Waals surface area contributed by atoms with Gasteiger partial charge < -0.3 is 165 Å². The number of nitrogens with one attached hydrogen (secondary N) is 9. The van der Waals surface area contributed by atoms with Gasteiger partial charge in [-0.1, -0.05) is 19.4 Å². The van der Waals surface area contributed by atoms with Crippen molar-refractivity contribution in [1.82, 2.24) is 47.9 Å². The highest BCUT2D eigenvalue weighted by Crippen LogP contribution is 2.25. The van der Waals surface area contributed by atoms with Gasteiger partial charge in [-0.05, 0) is 32.6 Å². The highest BCUT2D eigenvalue weighted by atomic mass is 16.7. The minimum Gasteiger partial charge on any atom is -0.394 e. The molecular weight excluding hydrogens is 1510 g/mol. The molecule has 113 heavy (non-hydrogen) atoms. The maximum Gasteiger partial charge on any atom is 0.246 e. The zero-order chi connectivity index (χ0) is 83.2. The van der Waals surface area contributed by atoms with Crippen LogP contribution >= 0.6 is 0 Å². The van der Waals surface area contributed by atoms with Crippen LogP contribution in [0.2, 0.25) is 0 Å². The van der Waals surface area contributed by atoms with Crippen LogP contribution in [-0.4, -0.2) is 388 Å². The summed E-state index contributed by atoms with van der Waals surface area (Å²) in [5, 5.41) is 115. The van der Waals surface area contributed by atoms with Gasteiger partial charge in [-0.2, -0.15) is 0 Å². The minimum absolute atomic E-state index is 0.0325. The zero-order valence-corrected chi connectivity index (χ0v) is 65.5. The van der Waals surface area contributed by atoms with E-state index in [9.17, 15) is 89.1 Å². The van der Waals surface area contributed by atoms with Crippen LogP contribution in [-0.2, 0) is 114 Å². The molecule has 0 aromatic heterocycles. The predicted molar refractivity (Wildman–Crippen MR) is 393 cm³/mol. The van der Waals surface area contributed by atoms with Crippen molar-refractivity contribution < 1.29 is 160 Å². The van der Waals surface area contributed by atoms with Gasteiger partial charge in [-0.3, -0.25) is 43.2 Å². The van der Waals surface area contributed by atoms with E-state index in [4.69, 9.17) is 71.1 Å². The number of ether oxygens (including phenoxy) is 15. The molecule has 18 N–H and O–H groups in total. The molecule has 0 aliphatic carbocycles. The quantitative estimate of drug-likeness (QED) is 0.0199. The van der Waals surface area contributed by atoms with Crippen LogP contribution in [0.15, 0.2) is 12.2 Å². The fraction of sp³-hybridized carbons (Fsp3) is 0.845. The largest absolute Gasteiger partial charge is 0.394 e. The molecule has 0 aromatic rings. The van der Waals surface area contributed by atoms with Crippen LogP contribution in [0, 0.1) is 0 Å². The summed E-state index contributed by atoms with van der Waals surface area (Å²) in [7, 11) is 0. The third-order valence-electron chi connectivity index (χ3n) is 17.2. The van der Waals surface area contributed by atoms with Gasteiger partial charge in [0.25, 0.3) is 0 Å². The van der Waals surface area contributed by atoms with Crippen LogP contribution < -0.4 is 47.9 Å². The van der Waals surface area contributed by atoms with Crippen molar-refractivity contribution in [2.75, 3.05) is 191 Å². The maximum absolute atomic E-state index is 13.9. The van der Waals surface area contributed by atoms with Crippen molar-refractivity contribution in [2.24, 2.45) is 0 Å². The fourth-order valence-corrected chi connectivity index (χ4v) is 11.3. The molecule has 3 heterocycles. The van der Waals surface area contributed by atoms with Crippen molar-refractivity contribution >= 4 is 53.2 Å². The first-order chi connectivity index (χ1) is 54.3. The monoisotopic (exact) mass is 1630 g/mol. The fourth-order valence-electron chi connectivity index (χ4n) is 11.3. The summed E-state index contributed by atoms with van der Waals surface area (Å²) in [5.74, 6) is -3.44. The lowest BCUT2D eigenvalue weighted by molar-refractivity contribution is -0.272.